The van der Waals surface area contributed by atoms with Crippen LogP contribution in [-0.2, 0) is 19.2 Å². The highest BCUT2D eigenvalue weighted by Gasteiger charge is 2.50. The molecule has 1 saturated heterocycles. The second-order valence-electron chi connectivity index (χ2n) is 5.01. The number of hydrogen-bond donors (Lipinski definition) is 1. The third kappa shape index (κ3) is 3.10. The van der Waals surface area contributed by atoms with Crippen LogP contribution in [0.4, 0.5) is 0 Å². The minimum atomic E-state index is -0.684. The Morgan fingerprint density at radius 1 is 1.45 bits per heavy atom. The number of aromatic nitrogens is 1. The van der Waals surface area contributed by atoms with Gasteiger partial charge in [-0.3, -0.25) is 19.4 Å². The fourth-order valence-electron chi connectivity index (χ4n) is 2.84. The van der Waals surface area contributed by atoms with Gasteiger partial charge < -0.3 is 9.84 Å². The summed E-state index contributed by atoms with van der Waals surface area (Å²) in [7, 11) is 1.38. The van der Waals surface area contributed by atoms with Crippen molar-refractivity contribution in [3.63, 3.8) is 0 Å². The summed E-state index contributed by atoms with van der Waals surface area (Å²) in [5, 5.41) is 10.9. The zero-order valence-electron chi connectivity index (χ0n) is 12.6. The van der Waals surface area contributed by atoms with E-state index in [1.54, 1.807) is 31.3 Å². The summed E-state index contributed by atoms with van der Waals surface area (Å²) in [6, 6.07) is 4.80. The van der Waals surface area contributed by atoms with Gasteiger partial charge in [0.25, 0.3) is 5.91 Å². The Kier molecular flexibility index (Phi) is 5.46. The molecule has 1 aliphatic heterocycles. The van der Waals surface area contributed by atoms with Gasteiger partial charge in [-0.25, -0.2) is 5.06 Å². The Morgan fingerprint density at radius 3 is 2.77 bits per heavy atom. The molecule has 2 heterocycles. The summed E-state index contributed by atoms with van der Waals surface area (Å²) in [6.45, 7) is 1.70. The van der Waals surface area contributed by atoms with Crippen molar-refractivity contribution in [2.75, 3.05) is 20.3 Å². The van der Waals surface area contributed by atoms with Gasteiger partial charge in [0.15, 0.2) is 0 Å². The molecule has 0 aromatic carbocycles. The van der Waals surface area contributed by atoms with Crippen molar-refractivity contribution in [2.24, 2.45) is 11.8 Å². The van der Waals surface area contributed by atoms with E-state index in [2.05, 4.69) is 4.98 Å². The summed E-state index contributed by atoms with van der Waals surface area (Å²) in [5.74, 6) is -1.97. The van der Waals surface area contributed by atoms with E-state index in [0.29, 0.717) is 5.69 Å². The lowest BCUT2D eigenvalue weighted by molar-refractivity contribution is -0.182. The first-order valence-electron chi connectivity index (χ1n) is 7.18. The van der Waals surface area contributed by atoms with Gasteiger partial charge in [-0.1, -0.05) is 6.07 Å². The molecule has 0 spiro atoms. The lowest BCUT2D eigenvalue weighted by Gasteiger charge is -2.24. The molecule has 0 bridgehead atoms. The number of rotatable bonds is 6. The van der Waals surface area contributed by atoms with E-state index in [0.717, 1.165) is 0 Å². The molecule has 22 heavy (non-hydrogen) atoms. The average Bonchev–Trinajstić information content (AvgIpc) is 2.80. The normalized spacial score (nSPS) is 24.6. The van der Waals surface area contributed by atoms with Gasteiger partial charge in [0.1, 0.15) is 6.04 Å². The van der Waals surface area contributed by atoms with Gasteiger partial charge in [0.05, 0.1) is 31.7 Å². The molecule has 0 unspecified atom stereocenters. The molecular weight excluding hydrogens is 288 g/mol. The highest BCUT2D eigenvalue weighted by atomic mass is 16.7. The Hall–Kier alpha value is -1.99. The smallest absolute Gasteiger partial charge is 0.306 e. The Morgan fingerprint density at radius 2 is 2.23 bits per heavy atom. The van der Waals surface area contributed by atoms with E-state index in [4.69, 9.17) is 9.57 Å². The van der Waals surface area contributed by atoms with Crippen LogP contribution in [0.1, 0.15) is 25.1 Å². The van der Waals surface area contributed by atoms with Crippen LogP contribution >= 0.6 is 0 Å². The fourth-order valence-corrected chi connectivity index (χ4v) is 2.84. The number of ether oxygens (including phenoxy) is 1. The molecular formula is C15H20N2O5. The second-order valence-corrected chi connectivity index (χ2v) is 5.01. The third-order valence-electron chi connectivity index (χ3n) is 3.80. The highest BCUT2D eigenvalue weighted by molar-refractivity contribution is 5.85. The average molecular weight is 308 g/mol. The molecule has 1 aliphatic rings. The number of hydrogen-bond acceptors (Lipinski definition) is 6. The molecule has 120 valence electrons. The van der Waals surface area contributed by atoms with E-state index >= 15 is 0 Å². The molecule has 1 N–H and O–H groups in total. The van der Waals surface area contributed by atoms with E-state index in [9.17, 15) is 14.7 Å². The van der Waals surface area contributed by atoms with Gasteiger partial charge in [-0.2, -0.15) is 0 Å². The van der Waals surface area contributed by atoms with E-state index < -0.39 is 23.8 Å². The number of esters is 1. The predicted octanol–water partition coefficient (Wildman–Crippen LogP) is 0.704. The van der Waals surface area contributed by atoms with E-state index in [1.165, 1.54) is 12.2 Å². The summed E-state index contributed by atoms with van der Waals surface area (Å²) in [5.41, 5.74) is 0.614. The zero-order valence-corrected chi connectivity index (χ0v) is 12.6. The molecule has 1 aromatic heterocycles. The SMILES string of the molecule is CCOC(=O)C[C@@H]1C(=O)N(OC)[C@H](c2ccccn2)[C@H]1CO. The van der Waals surface area contributed by atoms with Gasteiger partial charge in [0.2, 0.25) is 0 Å². The van der Waals surface area contributed by atoms with Crippen LogP contribution in [0.15, 0.2) is 24.4 Å². The summed E-state index contributed by atoms with van der Waals surface area (Å²) in [4.78, 5) is 33.6. The standard InChI is InChI=1S/C15H20N2O5/c1-3-22-13(19)8-10-11(9-18)14(17(21-2)15(10)20)12-6-4-5-7-16-12/h4-7,10-11,14,18H,3,8-9H2,1-2H3/t10-,11-,14-/m0/s1. The first kappa shape index (κ1) is 16.4. The van der Waals surface area contributed by atoms with Crippen molar-refractivity contribution in [1.82, 2.24) is 10.0 Å². The summed E-state index contributed by atoms with van der Waals surface area (Å²) >= 11 is 0. The maximum Gasteiger partial charge on any atom is 0.306 e. The molecule has 0 saturated carbocycles. The second kappa shape index (κ2) is 7.33. The van der Waals surface area contributed by atoms with Crippen molar-refractivity contribution < 1.29 is 24.3 Å². The van der Waals surface area contributed by atoms with Crippen LogP contribution in [0.2, 0.25) is 0 Å². The Balaban J connectivity index is 2.29. The summed E-state index contributed by atoms with van der Waals surface area (Å²) in [6.07, 6.45) is 1.53. The third-order valence-corrected chi connectivity index (χ3v) is 3.80. The molecule has 3 atom stereocenters. The van der Waals surface area contributed by atoms with Gasteiger partial charge >= 0.3 is 5.97 Å². The van der Waals surface area contributed by atoms with Gasteiger partial charge in [0, 0.05) is 18.7 Å². The van der Waals surface area contributed by atoms with Crippen LogP contribution in [-0.4, -0.2) is 47.4 Å². The maximum atomic E-state index is 12.5. The molecule has 1 aromatic rings. The number of carbonyl (C=O) groups is 2. The highest BCUT2D eigenvalue weighted by Crippen LogP contribution is 2.42. The number of carbonyl (C=O) groups excluding carboxylic acids is 2. The largest absolute Gasteiger partial charge is 0.466 e. The first-order valence-corrected chi connectivity index (χ1v) is 7.18. The van der Waals surface area contributed by atoms with Gasteiger partial charge in [-0.05, 0) is 19.1 Å². The quantitative estimate of drug-likeness (QED) is 0.778. The molecule has 0 aliphatic carbocycles. The monoisotopic (exact) mass is 308 g/mol. The lowest BCUT2D eigenvalue weighted by atomic mass is 9.87. The Bertz CT molecular complexity index is 522. The number of nitrogens with zero attached hydrogens (tertiary/aromatic N) is 2. The minimum Gasteiger partial charge on any atom is -0.466 e. The molecule has 0 radical (unpaired) electrons. The van der Waals surface area contributed by atoms with E-state index in [1.807, 2.05) is 0 Å². The number of pyridine rings is 1. The van der Waals surface area contributed by atoms with Crippen molar-refractivity contribution in [3.8, 4) is 0 Å². The topological polar surface area (TPSA) is 89.0 Å². The first-order chi connectivity index (χ1) is 10.6. The fraction of sp³-hybridized carbons (Fsp3) is 0.533. The lowest BCUT2D eigenvalue weighted by Crippen LogP contribution is -2.29. The van der Waals surface area contributed by atoms with Crippen LogP contribution in [0.5, 0.6) is 0 Å². The van der Waals surface area contributed by atoms with E-state index in [-0.39, 0.29) is 25.5 Å². The summed E-state index contributed by atoms with van der Waals surface area (Å²) < 4.78 is 4.91. The van der Waals surface area contributed by atoms with Crippen molar-refractivity contribution in [1.29, 1.82) is 0 Å². The van der Waals surface area contributed by atoms with Crippen molar-refractivity contribution in [3.05, 3.63) is 30.1 Å². The minimum absolute atomic E-state index is 0.0822. The van der Waals surface area contributed by atoms with Crippen LogP contribution in [0.3, 0.4) is 0 Å². The number of hydroxylamine groups is 2. The van der Waals surface area contributed by atoms with Crippen LogP contribution < -0.4 is 0 Å². The molecule has 1 amide bonds. The van der Waals surface area contributed by atoms with Crippen LogP contribution in [0.25, 0.3) is 0 Å². The Labute approximate surface area is 128 Å². The molecule has 1 fully saturated rings. The number of amides is 1. The number of aliphatic hydroxyl groups is 1. The maximum absolute atomic E-state index is 12.5. The van der Waals surface area contributed by atoms with Crippen molar-refractivity contribution in [2.45, 2.75) is 19.4 Å². The predicted molar refractivity (Wildman–Crippen MR) is 76.1 cm³/mol. The molecule has 2 rings (SSSR count). The van der Waals surface area contributed by atoms with Gasteiger partial charge in [-0.15, -0.1) is 0 Å². The molecule has 7 nitrogen and oxygen atoms in total. The molecule has 7 heteroatoms. The zero-order chi connectivity index (χ0) is 16.1. The van der Waals surface area contributed by atoms with Crippen LogP contribution in [0, 0.1) is 11.8 Å². The number of aliphatic hydroxyl groups excluding tert-OH is 1. The van der Waals surface area contributed by atoms with Crippen molar-refractivity contribution >= 4 is 11.9 Å².